The first kappa shape index (κ1) is 36.4. The highest BCUT2D eigenvalue weighted by Gasteiger charge is 2.47. The molecule has 0 atom stereocenters. The van der Waals surface area contributed by atoms with Gasteiger partial charge in [-0.2, -0.15) is 0 Å². The molecule has 0 unspecified atom stereocenters. The fourth-order valence-corrected chi connectivity index (χ4v) is 11.2. The van der Waals surface area contributed by atoms with Crippen molar-refractivity contribution < 1.29 is 0 Å². The summed E-state index contributed by atoms with van der Waals surface area (Å²) in [5, 5.41) is 6.39. The molecule has 2 aliphatic heterocycles. The Morgan fingerprint density at radius 2 is 0.921 bits per heavy atom. The van der Waals surface area contributed by atoms with E-state index < -0.39 is 0 Å². The minimum Gasteiger partial charge on any atom is -0.375 e. The Balaban J connectivity index is 1.29. The normalized spacial score (nSPS) is 13.5. The second-order valence-corrected chi connectivity index (χ2v) is 19.8. The lowest BCUT2D eigenvalue weighted by atomic mass is 9.45. The zero-order valence-corrected chi connectivity index (χ0v) is 36.6. The van der Waals surface area contributed by atoms with Crippen LogP contribution in [0.3, 0.4) is 0 Å². The first-order valence-corrected chi connectivity index (χ1v) is 22.4. The standard InChI is InChI=1S/C58H47BN4/c1-57(2,3)36-29-31-40(32-30-36)62-50-34-37(58(4,5)6)33-46-51-54-44(41-23-13-16-26-47(41)60(54)38-19-9-7-10-20-38)35-45-42-24-14-18-28-49(42)63(55(45)51)59(52(46)50)53-43-25-15-17-27-48(43)61(56(53)62)39-21-11-8-12-22-39/h7-35H,1-6H3. The molecule has 5 heterocycles. The second-order valence-electron chi connectivity index (χ2n) is 19.8. The van der Waals surface area contributed by atoms with Crippen LogP contribution in [0.4, 0.5) is 17.2 Å². The highest BCUT2D eigenvalue weighted by molar-refractivity contribution is 6.92. The topological polar surface area (TPSA) is 18.0 Å². The molecule has 0 radical (unpaired) electrons. The number of hydrogen-bond donors (Lipinski definition) is 0. The van der Waals surface area contributed by atoms with Gasteiger partial charge in [0.2, 0.25) is 0 Å². The molecule has 4 nitrogen and oxygen atoms in total. The number of aromatic nitrogens is 3. The van der Waals surface area contributed by atoms with Crippen LogP contribution in [0.1, 0.15) is 52.7 Å². The predicted octanol–water partition coefficient (Wildman–Crippen LogP) is 13.8. The Hall–Kier alpha value is -7.24. The van der Waals surface area contributed by atoms with Gasteiger partial charge in [0, 0.05) is 66.4 Å². The molecule has 5 heteroatoms. The second kappa shape index (κ2) is 12.7. The minimum absolute atomic E-state index is 0.0219. The molecule has 2 aliphatic rings. The average molecular weight is 811 g/mol. The van der Waals surface area contributed by atoms with Gasteiger partial charge in [-0.15, -0.1) is 0 Å². The van der Waals surface area contributed by atoms with Crippen LogP contribution in [0.2, 0.25) is 0 Å². The SMILES string of the molecule is CC(C)(C)c1ccc(N2c3cc(C(C)(C)C)cc4c3B(c3c2n(-c2ccccc2)c2ccccc32)n2c3ccccc3c3cc5c6ccccc6n(-c6ccccc6)c5c-4c32)cc1. The molecular formula is C58H47BN4. The van der Waals surface area contributed by atoms with E-state index in [-0.39, 0.29) is 17.7 Å². The van der Waals surface area contributed by atoms with Gasteiger partial charge in [-0.3, -0.25) is 9.47 Å². The van der Waals surface area contributed by atoms with Crippen molar-refractivity contribution in [1.82, 2.24) is 13.6 Å². The Morgan fingerprint density at radius 1 is 0.397 bits per heavy atom. The molecule has 0 saturated heterocycles. The smallest absolute Gasteiger partial charge is 0.335 e. The van der Waals surface area contributed by atoms with Crippen molar-refractivity contribution in [2.45, 2.75) is 52.4 Å². The Kier molecular flexibility index (Phi) is 7.33. The molecular weight excluding hydrogens is 763 g/mol. The molecule has 302 valence electrons. The van der Waals surface area contributed by atoms with Gasteiger partial charge in [0.1, 0.15) is 5.82 Å². The Morgan fingerprint density at radius 3 is 1.56 bits per heavy atom. The summed E-state index contributed by atoms with van der Waals surface area (Å²) in [5.41, 5.74) is 18.7. The molecule has 63 heavy (non-hydrogen) atoms. The van der Waals surface area contributed by atoms with Gasteiger partial charge in [0.15, 0.2) is 0 Å². The number of fused-ring (bicyclic) bond motifs is 13. The zero-order chi connectivity index (χ0) is 42.5. The first-order valence-electron chi connectivity index (χ1n) is 22.4. The van der Waals surface area contributed by atoms with Gasteiger partial charge in [-0.25, -0.2) is 0 Å². The van der Waals surface area contributed by atoms with Crippen LogP contribution in [0.5, 0.6) is 0 Å². The van der Waals surface area contributed by atoms with Crippen LogP contribution in [0.15, 0.2) is 176 Å². The molecule has 0 N–H and O–H groups in total. The molecule has 0 spiro atoms. The monoisotopic (exact) mass is 810 g/mol. The number of rotatable bonds is 3. The number of hydrogen-bond acceptors (Lipinski definition) is 1. The van der Waals surface area contributed by atoms with Gasteiger partial charge in [0.05, 0.1) is 16.6 Å². The Bertz CT molecular complexity index is 3690. The van der Waals surface area contributed by atoms with Gasteiger partial charge in [-0.05, 0) is 105 Å². The highest BCUT2D eigenvalue weighted by Crippen LogP contribution is 2.52. The summed E-state index contributed by atoms with van der Waals surface area (Å²) in [6, 6.07) is 66.2. The van der Waals surface area contributed by atoms with E-state index in [0.717, 1.165) is 11.4 Å². The number of para-hydroxylation sites is 5. The predicted molar refractivity (Wildman–Crippen MR) is 269 cm³/mol. The third-order valence-electron chi connectivity index (χ3n) is 14.1. The molecule has 0 amide bonds. The summed E-state index contributed by atoms with van der Waals surface area (Å²) in [5.74, 6) is 1.19. The van der Waals surface area contributed by atoms with Crippen LogP contribution in [0.25, 0.3) is 77.0 Å². The molecule has 8 aromatic carbocycles. The van der Waals surface area contributed by atoms with Gasteiger partial charge in [0.25, 0.3) is 0 Å². The first-order chi connectivity index (χ1) is 30.6. The van der Waals surface area contributed by atoms with E-state index in [0.29, 0.717) is 0 Å². The lowest BCUT2D eigenvalue weighted by molar-refractivity contribution is 0.590. The lowest BCUT2D eigenvalue weighted by Gasteiger charge is -2.41. The lowest BCUT2D eigenvalue weighted by Crippen LogP contribution is -2.57. The zero-order valence-electron chi connectivity index (χ0n) is 36.6. The van der Waals surface area contributed by atoms with Crippen LogP contribution in [-0.2, 0) is 10.8 Å². The number of benzene rings is 8. The van der Waals surface area contributed by atoms with Crippen LogP contribution in [0, 0.1) is 0 Å². The fourth-order valence-electron chi connectivity index (χ4n) is 11.2. The number of nitrogens with zero attached hydrogens (tertiary/aromatic N) is 4. The summed E-state index contributed by atoms with van der Waals surface area (Å²) in [7, 11) is 0. The summed E-state index contributed by atoms with van der Waals surface area (Å²) >= 11 is 0. The Labute approximate surface area is 368 Å². The van der Waals surface area contributed by atoms with Crippen molar-refractivity contribution in [3.63, 3.8) is 0 Å². The van der Waals surface area contributed by atoms with E-state index in [1.165, 1.54) is 105 Å². The quantitative estimate of drug-likeness (QED) is 0.163. The highest BCUT2D eigenvalue weighted by atomic mass is 15.3. The van der Waals surface area contributed by atoms with Crippen molar-refractivity contribution in [1.29, 1.82) is 0 Å². The van der Waals surface area contributed by atoms with E-state index in [1.54, 1.807) is 0 Å². The van der Waals surface area contributed by atoms with E-state index in [4.69, 9.17) is 0 Å². The molecule has 11 aromatic rings. The van der Waals surface area contributed by atoms with Crippen molar-refractivity contribution in [3.05, 3.63) is 187 Å². The number of anilines is 3. The molecule has 0 fully saturated rings. The van der Waals surface area contributed by atoms with Crippen LogP contribution < -0.4 is 15.8 Å². The summed E-state index contributed by atoms with van der Waals surface area (Å²) in [6.45, 7) is 13.9. The maximum atomic E-state index is 2.73. The summed E-state index contributed by atoms with van der Waals surface area (Å²) in [6.07, 6.45) is 0. The third-order valence-corrected chi connectivity index (χ3v) is 14.1. The largest absolute Gasteiger partial charge is 0.375 e. The fraction of sp³-hybridized carbons (Fsp3) is 0.138. The average Bonchev–Trinajstić information content (AvgIpc) is 3.94. The summed E-state index contributed by atoms with van der Waals surface area (Å²) < 4.78 is 7.80. The molecule has 3 aromatic heterocycles. The van der Waals surface area contributed by atoms with Gasteiger partial charge < -0.3 is 9.05 Å². The van der Waals surface area contributed by atoms with Crippen LogP contribution in [-0.4, -0.2) is 20.5 Å². The maximum absolute atomic E-state index is 2.73. The molecule has 0 aliphatic carbocycles. The van der Waals surface area contributed by atoms with Crippen molar-refractivity contribution >= 4 is 89.5 Å². The van der Waals surface area contributed by atoms with E-state index in [1.807, 2.05) is 0 Å². The van der Waals surface area contributed by atoms with E-state index in [2.05, 4.69) is 236 Å². The summed E-state index contributed by atoms with van der Waals surface area (Å²) in [4.78, 5) is 2.61. The van der Waals surface area contributed by atoms with E-state index >= 15 is 0 Å². The van der Waals surface area contributed by atoms with E-state index in [9.17, 15) is 0 Å². The molecule has 0 bridgehead atoms. The van der Waals surface area contributed by atoms with Gasteiger partial charge >= 0.3 is 6.85 Å². The maximum Gasteiger partial charge on any atom is 0.335 e. The molecule has 13 rings (SSSR count). The van der Waals surface area contributed by atoms with Crippen molar-refractivity contribution in [3.8, 4) is 22.5 Å². The van der Waals surface area contributed by atoms with Crippen molar-refractivity contribution in [2.75, 3.05) is 4.90 Å². The third kappa shape index (κ3) is 4.94. The van der Waals surface area contributed by atoms with Crippen LogP contribution >= 0.6 is 0 Å². The van der Waals surface area contributed by atoms with Crippen molar-refractivity contribution in [2.24, 2.45) is 0 Å². The molecule has 0 saturated carbocycles. The van der Waals surface area contributed by atoms with Gasteiger partial charge in [-0.1, -0.05) is 151 Å². The minimum atomic E-state index is -0.140.